The molecule has 0 aliphatic carbocycles. The molecule has 6 unspecified atom stereocenters. The zero-order valence-corrected chi connectivity index (χ0v) is 9.49. The number of rotatable bonds is 0. The summed E-state index contributed by atoms with van der Waals surface area (Å²) in [5, 5.41) is 25.7. The van der Waals surface area contributed by atoms with Crippen molar-refractivity contribution in [1.29, 1.82) is 0 Å². The number of ether oxygens (including phenoxy) is 1. The van der Waals surface area contributed by atoms with Gasteiger partial charge in [-0.05, 0) is 18.8 Å². The minimum atomic E-state index is -0.587. The van der Waals surface area contributed by atoms with E-state index >= 15 is 0 Å². The van der Waals surface area contributed by atoms with Gasteiger partial charge in [0.2, 0.25) is 0 Å². The van der Waals surface area contributed by atoms with E-state index in [1.807, 2.05) is 0 Å². The summed E-state index contributed by atoms with van der Waals surface area (Å²) in [5.74, 6) is 0.416. The topological polar surface area (TPSA) is 126 Å². The summed E-state index contributed by atoms with van der Waals surface area (Å²) in [6.07, 6.45) is -0.958. The maximum atomic E-state index is 9.77. The lowest BCUT2D eigenvalue weighted by Crippen LogP contribution is -2.75. The molecule has 0 amide bonds. The van der Waals surface area contributed by atoms with Crippen molar-refractivity contribution in [3.05, 3.63) is 0 Å². The first-order valence-corrected chi connectivity index (χ1v) is 6.11. The van der Waals surface area contributed by atoms with Crippen LogP contribution in [-0.2, 0) is 4.74 Å². The minimum absolute atomic E-state index is 0.117. The van der Waals surface area contributed by atoms with E-state index in [9.17, 15) is 10.2 Å². The van der Waals surface area contributed by atoms with Crippen molar-refractivity contribution in [3.63, 3.8) is 0 Å². The van der Waals surface area contributed by atoms with Gasteiger partial charge < -0.3 is 26.4 Å². The fraction of sp³-hybridized carbons (Fsp3) is 1.00. The highest BCUT2D eigenvalue weighted by Gasteiger charge is 2.52. The predicted molar refractivity (Wildman–Crippen MR) is 59.1 cm³/mol. The highest BCUT2D eigenvalue weighted by atomic mass is 16.5. The number of aliphatic hydroxyl groups excluding tert-OH is 2. The summed E-state index contributed by atoms with van der Waals surface area (Å²) in [6.45, 7) is 0. The van der Waals surface area contributed by atoms with Crippen LogP contribution in [0, 0.1) is 11.8 Å². The van der Waals surface area contributed by atoms with Crippen LogP contribution >= 0.6 is 0 Å². The largest absolute Gasteiger partial charge is 0.379 e. The van der Waals surface area contributed by atoms with Crippen LogP contribution in [0.15, 0.2) is 0 Å². The van der Waals surface area contributed by atoms with Crippen LogP contribution in [-0.4, -0.2) is 47.2 Å². The van der Waals surface area contributed by atoms with Crippen molar-refractivity contribution < 1.29 is 14.9 Å². The van der Waals surface area contributed by atoms with Crippen LogP contribution in [0.4, 0.5) is 0 Å². The lowest BCUT2D eigenvalue weighted by atomic mass is 9.69. The number of nitrogens with two attached hydrogens (primary N) is 2. The predicted octanol–water partition coefficient (Wildman–Crippen LogP) is -2.82. The van der Waals surface area contributed by atoms with E-state index in [-0.39, 0.29) is 23.9 Å². The second-order valence-electron chi connectivity index (χ2n) is 5.29. The van der Waals surface area contributed by atoms with Crippen LogP contribution in [0.3, 0.4) is 0 Å². The number of hydrogen-bond donors (Lipinski definition) is 6. The molecule has 0 aromatic heterocycles. The molecule has 7 nitrogen and oxygen atoms in total. The Labute approximate surface area is 99.5 Å². The van der Waals surface area contributed by atoms with Crippen molar-refractivity contribution in [2.75, 3.05) is 0 Å². The molecule has 6 atom stereocenters. The number of aliphatic hydroxyl groups is 2. The Morgan fingerprint density at radius 2 is 1.41 bits per heavy atom. The van der Waals surface area contributed by atoms with Gasteiger partial charge in [-0.15, -0.1) is 0 Å². The van der Waals surface area contributed by atoms with Crippen LogP contribution in [0.2, 0.25) is 0 Å². The second-order valence-corrected chi connectivity index (χ2v) is 5.29. The highest BCUT2D eigenvalue weighted by Crippen LogP contribution is 2.39. The maximum absolute atomic E-state index is 9.77. The average Bonchev–Trinajstić information content (AvgIpc) is 2.24. The molecule has 7 heteroatoms. The Hall–Kier alpha value is -0.280. The maximum Gasteiger partial charge on any atom is 0.123 e. The van der Waals surface area contributed by atoms with Crippen LogP contribution < -0.4 is 22.1 Å². The Morgan fingerprint density at radius 1 is 0.941 bits per heavy atom. The molecule has 0 aromatic carbocycles. The Bertz CT molecular complexity index is 279. The minimum Gasteiger partial charge on any atom is -0.379 e. The molecular formula is C10H20N4O3. The van der Waals surface area contributed by atoms with Crippen LogP contribution in [0.1, 0.15) is 12.8 Å². The quantitative estimate of drug-likeness (QED) is 0.271. The number of piperidine rings is 2. The molecule has 0 bridgehead atoms. The molecule has 8 N–H and O–H groups in total. The summed E-state index contributed by atoms with van der Waals surface area (Å²) in [5.41, 5.74) is 11.8. The molecule has 0 spiro atoms. The molecular weight excluding hydrogens is 224 g/mol. The van der Waals surface area contributed by atoms with Gasteiger partial charge >= 0.3 is 0 Å². The fourth-order valence-corrected chi connectivity index (χ4v) is 3.57. The van der Waals surface area contributed by atoms with Gasteiger partial charge in [-0.1, -0.05) is 0 Å². The Balaban J connectivity index is 1.89. The van der Waals surface area contributed by atoms with E-state index in [1.165, 1.54) is 0 Å². The summed E-state index contributed by atoms with van der Waals surface area (Å²) >= 11 is 0. The van der Waals surface area contributed by atoms with Gasteiger partial charge in [0.15, 0.2) is 0 Å². The fourth-order valence-electron chi connectivity index (χ4n) is 3.57. The lowest BCUT2D eigenvalue weighted by molar-refractivity contribution is -0.175. The Kier molecular flexibility index (Phi) is 2.86. The van der Waals surface area contributed by atoms with Gasteiger partial charge in [0.1, 0.15) is 24.9 Å². The van der Waals surface area contributed by atoms with Crippen molar-refractivity contribution >= 4 is 0 Å². The molecule has 98 valence electrons. The zero-order valence-electron chi connectivity index (χ0n) is 9.49. The first-order chi connectivity index (χ1) is 8.06. The molecule has 0 saturated carbocycles. The van der Waals surface area contributed by atoms with Crippen molar-refractivity contribution in [1.82, 2.24) is 10.6 Å². The molecule has 3 aliphatic rings. The van der Waals surface area contributed by atoms with Crippen molar-refractivity contribution in [3.8, 4) is 0 Å². The summed E-state index contributed by atoms with van der Waals surface area (Å²) in [7, 11) is 0. The third-order valence-corrected chi connectivity index (χ3v) is 4.22. The molecule has 3 rings (SSSR count). The lowest BCUT2D eigenvalue weighted by Gasteiger charge is -2.55. The first kappa shape index (κ1) is 11.8. The molecule has 3 aliphatic heterocycles. The average molecular weight is 244 g/mol. The van der Waals surface area contributed by atoms with E-state index in [2.05, 4.69) is 10.6 Å². The molecule has 3 fully saturated rings. The van der Waals surface area contributed by atoms with Gasteiger partial charge in [0, 0.05) is 5.92 Å². The smallest absolute Gasteiger partial charge is 0.123 e. The Morgan fingerprint density at radius 3 is 1.88 bits per heavy atom. The van der Waals surface area contributed by atoms with E-state index in [0.717, 1.165) is 0 Å². The standard InChI is InChI=1S/C10H20N4O3/c11-9-7-6-3(1-4(15)13-7)2-5(16)14-8(6)10(12)17-9/h3-10,13-16H,1-2,11-12H2. The van der Waals surface area contributed by atoms with E-state index in [0.29, 0.717) is 12.8 Å². The van der Waals surface area contributed by atoms with Gasteiger partial charge in [-0.3, -0.25) is 10.6 Å². The molecule has 3 saturated heterocycles. The third-order valence-electron chi connectivity index (χ3n) is 4.22. The number of hydrogen-bond acceptors (Lipinski definition) is 7. The third kappa shape index (κ3) is 1.88. The van der Waals surface area contributed by atoms with Gasteiger partial charge in [-0.2, -0.15) is 0 Å². The molecule has 17 heavy (non-hydrogen) atoms. The van der Waals surface area contributed by atoms with E-state index in [1.54, 1.807) is 0 Å². The van der Waals surface area contributed by atoms with Gasteiger partial charge in [0.25, 0.3) is 0 Å². The van der Waals surface area contributed by atoms with E-state index < -0.39 is 24.9 Å². The second kappa shape index (κ2) is 4.13. The number of nitrogens with one attached hydrogen (secondary N) is 2. The molecule has 0 aromatic rings. The highest BCUT2D eigenvalue weighted by molar-refractivity contribution is 5.05. The van der Waals surface area contributed by atoms with Crippen molar-refractivity contribution in [2.24, 2.45) is 23.3 Å². The molecule has 0 radical (unpaired) electrons. The zero-order chi connectivity index (χ0) is 12.2. The summed E-state index contributed by atoms with van der Waals surface area (Å²) in [4.78, 5) is 0. The summed E-state index contributed by atoms with van der Waals surface area (Å²) < 4.78 is 5.45. The van der Waals surface area contributed by atoms with Gasteiger partial charge in [-0.25, -0.2) is 0 Å². The van der Waals surface area contributed by atoms with Gasteiger partial charge in [0.05, 0.1) is 12.1 Å². The SMILES string of the molecule is NC1OC(N)C2NC(O)CC3CC(O)NC1C32. The normalized spacial score (nSPS) is 58.6. The monoisotopic (exact) mass is 244 g/mol. The first-order valence-electron chi connectivity index (χ1n) is 6.11. The van der Waals surface area contributed by atoms with E-state index in [4.69, 9.17) is 16.2 Å². The molecule has 3 heterocycles. The van der Waals surface area contributed by atoms with Crippen molar-refractivity contribution in [2.45, 2.75) is 49.8 Å². The van der Waals surface area contributed by atoms with Crippen LogP contribution in [0.5, 0.6) is 0 Å². The summed E-state index contributed by atoms with van der Waals surface area (Å²) in [6, 6.07) is -0.234. The van der Waals surface area contributed by atoms with Crippen LogP contribution in [0.25, 0.3) is 0 Å².